The normalized spacial score (nSPS) is 12.3. The molecule has 7 heteroatoms. The summed E-state index contributed by atoms with van der Waals surface area (Å²) in [7, 11) is 0. The first kappa shape index (κ1) is 16.6. The number of Topliss-reactive ketones (excluding diaryl/α,β-unsaturated/α-hetero) is 2. The monoisotopic (exact) mass is 379 g/mol. The van der Waals surface area contributed by atoms with Crippen molar-refractivity contribution in [3.8, 4) is 6.07 Å². The topological polar surface area (TPSA) is 75.2 Å². The minimum Gasteiger partial charge on any atom is -0.292 e. The Balaban J connectivity index is 1.71. The summed E-state index contributed by atoms with van der Waals surface area (Å²) in [5, 5.41) is 11.4. The van der Waals surface area contributed by atoms with E-state index in [0.717, 1.165) is 26.4 Å². The number of imidazole rings is 1. The van der Waals surface area contributed by atoms with E-state index in [-0.39, 0.29) is 0 Å². The molecule has 0 N–H and O–H groups in total. The van der Waals surface area contributed by atoms with Crippen LogP contribution in [-0.4, -0.2) is 21.0 Å². The van der Waals surface area contributed by atoms with E-state index >= 15 is 0 Å². The lowest BCUT2D eigenvalue weighted by atomic mass is 9.92. The van der Waals surface area contributed by atoms with Crippen molar-refractivity contribution < 1.29 is 9.59 Å². The summed E-state index contributed by atoms with van der Waals surface area (Å²) < 4.78 is 1.90. The third-order valence-corrected chi connectivity index (χ3v) is 5.93. The van der Waals surface area contributed by atoms with Crippen LogP contribution in [0.25, 0.3) is 15.3 Å². The SMILES string of the molecule is Cc1cc(C)cc(C(=O)[C@@H](C#N)C(=O)c2cc3c(nc4sccn43)s2)c1. The van der Waals surface area contributed by atoms with Gasteiger partial charge in [-0.3, -0.25) is 14.0 Å². The van der Waals surface area contributed by atoms with Gasteiger partial charge in [-0.1, -0.05) is 17.2 Å². The van der Waals surface area contributed by atoms with E-state index in [9.17, 15) is 14.9 Å². The van der Waals surface area contributed by atoms with E-state index in [0.29, 0.717) is 10.4 Å². The van der Waals surface area contributed by atoms with Gasteiger partial charge in [0.15, 0.2) is 22.4 Å². The molecule has 0 amide bonds. The van der Waals surface area contributed by atoms with E-state index in [1.165, 1.54) is 22.7 Å². The number of ketones is 2. The Labute approximate surface area is 157 Å². The first-order valence-electron chi connectivity index (χ1n) is 7.89. The van der Waals surface area contributed by atoms with Gasteiger partial charge in [0.2, 0.25) is 0 Å². The zero-order valence-electron chi connectivity index (χ0n) is 14.0. The molecule has 4 aromatic rings. The summed E-state index contributed by atoms with van der Waals surface area (Å²) in [5.74, 6) is -2.27. The number of hydrogen-bond donors (Lipinski definition) is 0. The Hall–Kier alpha value is -2.82. The number of thiophene rings is 1. The van der Waals surface area contributed by atoms with Gasteiger partial charge in [-0.05, 0) is 32.0 Å². The lowest BCUT2D eigenvalue weighted by molar-refractivity contribution is 0.0848. The van der Waals surface area contributed by atoms with Crippen LogP contribution in [0.1, 0.15) is 31.2 Å². The quantitative estimate of drug-likeness (QED) is 0.388. The van der Waals surface area contributed by atoms with Crippen LogP contribution in [0.5, 0.6) is 0 Å². The number of aryl methyl sites for hydroxylation is 2. The largest absolute Gasteiger partial charge is 0.292 e. The second-order valence-corrected chi connectivity index (χ2v) is 8.04. The first-order valence-corrected chi connectivity index (χ1v) is 9.59. The van der Waals surface area contributed by atoms with Crippen LogP contribution in [-0.2, 0) is 0 Å². The van der Waals surface area contributed by atoms with Gasteiger partial charge >= 0.3 is 0 Å². The van der Waals surface area contributed by atoms with Crippen molar-refractivity contribution in [3.05, 3.63) is 57.4 Å². The van der Waals surface area contributed by atoms with Gasteiger partial charge < -0.3 is 0 Å². The van der Waals surface area contributed by atoms with E-state index in [1.54, 1.807) is 18.2 Å². The van der Waals surface area contributed by atoms with E-state index in [1.807, 2.05) is 42.0 Å². The molecule has 0 fully saturated rings. The minimum atomic E-state index is -1.35. The Morgan fingerprint density at radius 1 is 1.15 bits per heavy atom. The van der Waals surface area contributed by atoms with E-state index < -0.39 is 17.5 Å². The summed E-state index contributed by atoms with van der Waals surface area (Å²) in [5.41, 5.74) is 3.07. The number of aromatic nitrogens is 2. The molecule has 4 rings (SSSR count). The average Bonchev–Trinajstić information content (AvgIpc) is 3.26. The van der Waals surface area contributed by atoms with Crippen LogP contribution >= 0.6 is 22.7 Å². The van der Waals surface area contributed by atoms with Crippen LogP contribution in [0.2, 0.25) is 0 Å². The van der Waals surface area contributed by atoms with Crippen LogP contribution in [0, 0.1) is 31.1 Å². The molecule has 3 aromatic heterocycles. The number of carbonyl (C=O) groups is 2. The zero-order chi connectivity index (χ0) is 18.4. The number of nitrogens with zero attached hydrogens (tertiary/aromatic N) is 3. The Kier molecular flexibility index (Phi) is 3.94. The molecule has 0 aliphatic carbocycles. The average molecular weight is 379 g/mol. The molecule has 128 valence electrons. The zero-order valence-corrected chi connectivity index (χ0v) is 15.6. The van der Waals surface area contributed by atoms with Crippen molar-refractivity contribution in [1.82, 2.24) is 9.38 Å². The maximum atomic E-state index is 12.8. The molecule has 0 aliphatic rings. The first-order chi connectivity index (χ1) is 12.5. The Morgan fingerprint density at radius 3 is 2.58 bits per heavy atom. The Bertz CT molecular complexity index is 1200. The third-order valence-electron chi connectivity index (χ3n) is 4.14. The number of carbonyl (C=O) groups excluding carboxylic acids is 2. The predicted molar refractivity (Wildman–Crippen MR) is 102 cm³/mol. The molecule has 0 bridgehead atoms. The predicted octanol–water partition coefficient (Wildman–Crippen LogP) is 4.43. The van der Waals surface area contributed by atoms with Crippen molar-refractivity contribution in [1.29, 1.82) is 5.26 Å². The van der Waals surface area contributed by atoms with Crippen LogP contribution in [0.4, 0.5) is 0 Å². The standard InChI is InChI=1S/C19H13N3O2S2/c1-10-5-11(2)7-12(6-10)16(23)13(9-20)17(24)15-8-14-18(26-15)21-19-22(14)3-4-25-19/h3-8,13H,1-2H3/t13-/m1/s1. The third kappa shape index (κ3) is 2.64. The van der Waals surface area contributed by atoms with Gasteiger partial charge in [0.05, 0.1) is 16.5 Å². The highest BCUT2D eigenvalue weighted by atomic mass is 32.1. The fraction of sp³-hybridized carbons (Fsp3) is 0.158. The summed E-state index contributed by atoms with van der Waals surface area (Å²) in [6, 6.07) is 8.98. The number of benzene rings is 1. The highest BCUT2D eigenvalue weighted by Gasteiger charge is 2.30. The molecule has 5 nitrogen and oxygen atoms in total. The van der Waals surface area contributed by atoms with Gasteiger partial charge in [-0.2, -0.15) is 5.26 Å². The van der Waals surface area contributed by atoms with Gasteiger partial charge in [-0.25, -0.2) is 4.98 Å². The van der Waals surface area contributed by atoms with Crippen LogP contribution < -0.4 is 0 Å². The van der Waals surface area contributed by atoms with Crippen molar-refractivity contribution >= 4 is 49.5 Å². The van der Waals surface area contributed by atoms with Gasteiger partial charge in [-0.15, -0.1) is 22.7 Å². The molecular formula is C19H13N3O2S2. The van der Waals surface area contributed by atoms with Crippen molar-refractivity contribution in [3.63, 3.8) is 0 Å². The second-order valence-electron chi connectivity index (χ2n) is 6.14. The molecule has 1 atom stereocenters. The minimum absolute atomic E-state index is 0.382. The van der Waals surface area contributed by atoms with Crippen LogP contribution in [0.15, 0.2) is 35.8 Å². The van der Waals surface area contributed by atoms with Crippen molar-refractivity contribution in [2.45, 2.75) is 13.8 Å². The molecule has 1 aromatic carbocycles. The van der Waals surface area contributed by atoms with Crippen LogP contribution in [0.3, 0.4) is 0 Å². The fourth-order valence-corrected chi connectivity index (χ4v) is 4.80. The highest BCUT2D eigenvalue weighted by Crippen LogP contribution is 2.30. The summed E-state index contributed by atoms with van der Waals surface area (Å²) >= 11 is 2.73. The number of hydrogen-bond acceptors (Lipinski definition) is 6. The number of fused-ring (bicyclic) bond motifs is 3. The lowest BCUT2D eigenvalue weighted by Gasteiger charge is -2.08. The number of nitriles is 1. The van der Waals surface area contributed by atoms with E-state index in [4.69, 9.17) is 0 Å². The molecule has 26 heavy (non-hydrogen) atoms. The molecule has 3 heterocycles. The van der Waals surface area contributed by atoms with Gasteiger partial charge in [0.25, 0.3) is 0 Å². The fourth-order valence-electron chi connectivity index (χ4n) is 3.03. The maximum absolute atomic E-state index is 12.8. The molecule has 0 unspecified atom stereocenters. The number of thiazole rings is 1. The lowest BCUT2D eigenvalue weighted by Crippen LogP contribution is -2.22. The van der Waals surface area contributed by atoms with Gasteiger partial charge in [0, 0.05) is 17.1 Å². The van der Waals surface area contributed by atoms with Crippen molar-refractivity contribution in [2.75, 3.05) is 0 Å². The Morgan fingerprint density at radius 2 is 1.88 bits per heavy atom. The molecule has 0 aliphatic heterocycles. The summed E-state index contributed by atoms with van der Waals surface area (Å²) in [6.45, 7) is 3.77. The van der Waals surface area contributed by atoms with E-state index in [2.05, 4.69) is 4.98 Å². The number of rotatable bonds is 4. The molecule has 0 spiro atoms. The summed E-state index contributed by atoms with van der Waals surface area (Å²) in [6.07, 6.45) is 1.89. The van der Waals surface area contributed by atoms with Crippen molar-refractivity contribution in [2.24, 2.45) is 5.92 Å². The summed E-state index contributed by atoms with van der Waals surface area (Å²) in [4.78, 5) is 32.0. The molecular weight excluding hydrogens is 366 g/mol. The molecule has 0 saturated heterocycles. The second kappa shape index (κ2) is 6.16. The smallest absolute Gasteiger partial charge is 0.197 e. The molecule has 0 saturated carbocycles. The molecule has 0 radical (unpaired) electrons. The van der Waals surface area contributed by atoms with Gasteiger partial charge in [0.1, 0.15) is 4.83 Å². The maximum Gasteiger partial charge on any atom is 0.197 e. The highest BCUT2D eigenvalue weighted by molar-refractivity contribution is 7.21.